The number of hydrogen-bond acceptors (Lipinski definition) is 3. The molecule has 1 amide bonds. The maximum Gasteiger partial charge on any atom is 0.328 e. The average Bonchev–Trinajstić information content (AvgIpc) is 2.27. The van der Waals surface area contributed by atoms with Crippen molar-refractivity contribution < 1.29 is 23.1 Å². The van der Waals surface area contributed by atoms with Crippen molar-refractivity contribution in [3.8, 4) is 0 Å². The van der Waals surface area contributed by atoms with E-state index in [-0.39, 0.29) is 5.56 Å². The summed E-state index contributed by atoms with van der Waals surface area (Å²) < 4.78 is 30.2. The standard InChI is InChI=1S/C11H11F2NO3/c1-6(11(16)17-2)14-10(15)8-4-3-7(12)5-9(8)13/h3-6H,1-2H3,(H,14,15)/t6-/m1/s1. The van der Waals surface area contributed by atoms with Gasteiger partial charge in [0.1, 0.15) is 17.7 Å². The summed E-state index contributed by atoms with van der Waals surface area (Å²) in [5.74, 6) is -3.22. The van der Waals surface area contributed by atoms with E-state index in [1.54, 1.807) is 0 Å². The Morgan fingerprint density at radius 1 is 1.35 bits per heavy atom. The third-order valence-electron chi connectivity index (χ3n) is 2.08. The Labute approximate surface area is 96.6 Å². The highest BCUT2D eigenvalue weighted by molar-refractivity contribution is 5.96. The Hall–Kier alpha value is -1.98. The molecular weight excluding hydrogens is 232 g/mol. The number of methoxy groups -OCH3 is 1. The van der Waals surface area contributed by atoms with Gasteiger partial charge in [-0.15, -0.1) is 0 Å². The summed E-state index contributed by atoms with van der Waals surface area (Å²) in [7, 11) is 1.17. The predicted molar refractivity (Wildman–Crippen MR) is 55.3 cm³/mol. The summed E-state index contributed by atoms with van der Waals surface area (Å²) in [6.45, 7) is 1.39. The third-order valence-corrected chi connectivity index (χ3v) is 2.08. The van der Waals surface area contributed by atoms with Crippen molar-refractivity contribution in [3.05, 3.63) is 35.4 Å². The Morgan fingerprint density at radius 2 is 2.00 bits per heavy atom. The van der Waals surface area contributed by atoms with E-state index in [2.05, 4.69) is 10.1 Å². The van der Waals surface area contributed by atoms with Gasteiger partial charge in [0, 0.05) is 6.07 Å². The molecule has 0 bridgehead atoms. The normalized spacial score (nSPS) is 11.8. The first-order chi connectivity index (χ1) is 7.95. The molecule has 6 heteroatoms. The summed E-state index contributed by atoms with van der Waals surface area (Å²) in [5, 5.41) is 2.23. The molecule has 92 valence electrons. The van der Waals surface area contributed by atoms with Gasteiger partial charge in [-0.05, 0) is 19.1 Å². The zero-order valence-corrected chi connectivity index (χ0v) is 9.29. The van der Waals surface area contributed by atoms with Crippen LogP contribution in [0.3, 0.4) is 0 Å². The van der Waals surface area contributed by atoms with Crippen LogP contribution in [0.15, 0.2) is 18.2 Å². The number of benzene rings is 1. The van der Waals surface area contributed by atoms with Crippen molar-refractivity contribution in [3.63, 3.8) is 0 Å². The second-order valence-corrected chi connectivity index (χ2v) is 3.34. The minimum atomic E-state index is -0.987. The Kier molecular flexibility index (Phi) is 4.14. The van der Waals surface area contributed by atoms with Crippen LogP contribution >= 0.6 is 0 Å². The molecule has 1 rings (SSSR count). The van der Waals surface area contributed by atoms with Gasteiger partial charge in [0.15, 0.2) is 0 Å². The summed E-state index contributed by atoms with van der Waals surface area (Å²) in [4.78, 5) is 22.6. The van der Waals surface area contributed by atoms with Crippen LogP contribution < -0.4 is 5.32 Å². The molecule has 0 saturated heterocycles. The SMILES string of the molecule is COC(=O)[C@@H](C)NC(=O)c1ccc(F)cc1F. The van der Waals surface area contributed by atoms with Crippen molar-refractivity contribution in [1.29, 1.82) is 0 Å². The summed E-state index contributed by atoms with van der Waals surface area (Å²) >= 11 is 0. The largest absolute Gasteiger partial charge is 0.467 e. The van der Waals surface area contributed by atoms with Crippen LogP contribution in [0.4, 0.5) is 8.78 Å². The maximum absolute atomic E-state index is 13.2. The molecule has 0 radical (unpaired) electrons. The van der Waals surface area contributed by atoms with Gasteiger partial charge >= 0.3 is 5.97 Å². The lowest BCUT2D eigenvalue weighted by Gasteiger charge is -2.11. The number of halogens is 2. The zero-order chi connectivity index (χ0) is 13.0. The summed E-state index contributed by atoms with van der Waals surface area (Å²) in [6.07, 6.45) is 0. The number of ether oxygens (including phenoxy) is 1. The summed E-state index contributed by atoms with van der Waals surface area (Å²) in [5.41, 5.74) is -0.331. The number of amides is 1. The molecular formula is C11H11F2NO3. The van der Waals surface area contributed by atoms with E-state index in [0.29, 0.717) is 6.07 Å². The van der Waals surface area contributed by atoms with Crippen LogP contribution in [-0.4, -0.2) is 25.0 Å². The molecule has 0 aliphatic rings. The first-order valence-corrected chi connectivity index (χ1v) is 4.79. The van der Waals surface area contributed by atoms with E-state index in [1.165, 1.54) is 14.0 Å². The van der Waals surface area contributed by atoms with Gasteiger partial charge in [0.25, 0.3) is 5.91 Å². The number of esters is 1. The topological polar surface area (TPSA) is 55.4 Å². The predicted octanol–water partition coefficient (Wildman–Crippen LogP) is 1.26. The fourth-order valence-corrected chi connectivity index (χ4v) is 1.18. The average molecular weight is 243 g/mol. The molecule has 1 aromatic carbocycles. The second kappa shape index (κ2) is 5.38. The highest BCUT2D eigenvalue weighted by Gasteiger charge is 2.19. The smallest absolute Gasteiger partial charge is 0.328 e. The number of rotatable bonds is 3. The first-order valence-electron chi connectivity index (χ1n) is 4.79. The highest BCUT2D eigenvalue weighted by atomic mass is 19.1. The Morgan fingerprint density at radius 3 is 2.53 bits per heavy atom. The molecule has 0 aliphatic heterocycles. The van der Waals surface area contributed by atoms with E-state index >= 15 is 0 Å². The van der Waals surface area contributed by atoms with Gasteiger partial charge in [-0.2, -0.15) is 0 Å². The van der Waals surface area contributed by atoms with Crippen molar-refractivity contribution in [2.24, 2.45) is 0 Å². The van der Waals surface area contributed by atoms with Gasteiger partial charge in [-0.3, -0.25) is 4.79 Å². The van der Waals surface area contributed by atoms with Crippen molar-refractivity contribution in [1.82, 2.24) is 5.32 Å². The molecule has 0 heterocycles. The molecule has 0 unspecified atom stereocenters. The van der Waals surface area contributed by atoms with E-state index in [0.717, 1.165) is 12.1 Å². The van der Waals surface area contributed by atoms with Crippen LogP contribution in [0.2, 0.25) is 0 Å². The lowest BCUT2D eigenvalue weighted by atomic mass is 10.2. The molecule has 1 N–H and O–H groups in total. The lowest BCUT2D eigenvalue weighted by Crippen LogP contribution is -2.39. The quantitative estimate of drug-likeness (QED) is 0.813. The molecule has 1 atom stereocenters. The minimum absolute atomic E-state index is 0.331. The van der Waals surface area contributed by atoms with Crippen LogP contribution in [0, 0.1) is 11.6 Å². The zero-order valence-electron chi connectivity index (χ0n) is 9.29. The molecule has 17 heavy (non-hydrogen) atoms. The number of hydrogen-bond donors (Lipinski definition) is 1. The van der Waals surface area contributed by atoms with Crippen LogP contribution in [0.25, 0.3) is 0 Å². The van der Waals surface area contributed by atoms with Crippen LogP contribution in [-0.2, 0) is 9.53 Å². The fraction of sp³-hybridized carbons (Fsp3) is 0.273. The molecule has 1 aromatic rings. The Balaban J connectivity index is 2.80. The van der Waals surface area contributed by atoms with Gasteiger partial charge in [-0.25, -0.2) is 13.6 Å². The van der Waals surface area contributed by atoms with Gasteiger partial charge < -0.3 is 10.1 Å². The molecule has 0 fully saturated rings. The second-order valence-electron chi connectivity index (χ2n) is 3.34. The lowest BCUT2D eigenvalue weighted by molar-refractivity contribution is -0.142. The third kappa shape index (κ3) is 3.24. The molecule has 0 aromatic heterocycles. The molecule has 0 spiro atoms. The number of nitrogens with one attached hydrogen (secondary N) is 1. The highest BCUT2D eigenvalue weighted by Crippen LogP contribution is 2.09. The monoisotopic (exact) mass is 243 g/mol. The Bertz CT molecular complexity index is 448. The van der Waals surface area contributed by atoms with Crippen molar-refractivity contribution in [2.45, 2.75) is 13.0 Å². The fourth-order valence-electron chi connectivity index (χ4n) is 1.18. The number of carbonyl (C=O) groups excluding carboxylic acids is 2. The number of carbonyl (C=O) groups is 2. The first kappa shape index (κ1) is 13.1. The maximum atomic E-state index is 13.2. The van der Waals surface area contributed by atoms with Gasteiger partial charge in [0.2, 0.25) is 0 Å². The van der Waals surface area contributed by atoms with Gasteiger partial charge in [-0.1, -0.05) is 0 Å². The van der Waals surface area contributed by atoms with E-state index < -0.39 is 29.6 Å². The van der Waals surface area contributed by atoms with Crippen LogP contribution in [0.1, 0.15) is 17.3 Å². The minimum Gasteiger partial charge on any atom is -0.467 e. The molecule has 0 saturated carbocycles. The van der Waals surface area contributed by atoms with E-state index in [4.69, 9.17) is 0 Å². The molecule has 0 aliphatic carbocycles. The van der Waals surface area contributed by atoms with Crippen molar-refractivity contribution in [2.75, 3.05) is 7.11 Å². The van der Waals surface area contributed by atoms with Crippen LogP contribution in [0.5, 0.6) is 0 Å². The van der Waals surface area contributed by atoms with Crippen molar-refractivity contribution >= 4 is 11.9 Å². The molecule has 4 nitrogen and oxygen atoms in total. The summed E-state index contributed by atoms with van der Waals surface area (Å²) in [6, 6.07) is 1.65. The van der Waals surface area contributed by atoms with Gasteiger partial charge in [0.05, 0.1) is 12.7 Å². The van der Waals surface area contributed by atoms with E-state index in [9.17, 15) is 18.4 Å². The van der Waals surface area contributed by atoms with E-state index in [1.807, 2.05) is 0 Å².